The number of nitrogens with one attached hydrogen (secondary N) is 1. The van der Waals surface area contributed by atoms with Crippen LogP contribution in [0.15, 0.2) is 0 Å². The van der Waals surface area contributed by atoms with Crippen molar-refractivity contribution in [2.45, 2.75) is 83.7 Å². The highest BCUT2D eigenvalue weighted by Gasteiger charge is 2.33. The van der Waals surface area contributed by atoms with Crippen LogP contribution in [0.5, 0.6) is 0 Å². The van der Waals surface area contributed by atoms with E-state index in [1.54, 1.807) is 0 Å². The molecule has 3 unspecified atom stereocenters. The van der Waals surface area contributed by atoms with Gasteiger partial charge in [0.15, 0.2) is 0 Å². The third-order valence-corrected chi connectivity index (χ3v) is 5.14. The topological polar surface area (TPSA) is 55.1 Å². The van der Waals surface area contributed by atoms with Gasteiger partial charge in [-0.15, -0.1) is 0 Å². The van der Waals surface area contributed by atoms with Gasteiger partial charge in [0.1, 0.15) is 0 Å². The van der Waals surface area contributed by atoms with Gasteiger partial charge >= 0.3 is 0 Å². The van der Waals surface area contributed by atoms with Crippen molar-refractivity contribution in [3.63, 3.8) is 0 Å². The molecule has 1 amide bonds. The maximum atomic E-state index is 12.2. The molecule has 0 saturated heterocycles. The van der Waals surface area contributed by atoms with Crippen molar-refractivity contribution in [1.82, 2.24) is 5.32 Å². The first-order valence-electron chi connectivity index (χ1n) is 8.02. The molecular formula is C16H30N2O. The van der Waals surface area contributed by atoms with Crippen molar-refractivity contribution >= 4 is 5.91 Å². The van der Waals surface area contributed by atoms with Crippen LogP contribution in [-0.2, 0) is 4.79 Å². The van der Waals surface area contributed by atoms with Gasteiger partial charge in [-0.25, -0.2) is 0 Å². The van der Waals surface area contributed by atoms with E-state index in [-0.39, 0.29) is 11.3 Å². The molecule has 2 aliphatic rings. The summed E-state index contributed by atoms with van der Waals surface area (Å²) >= 11 is 0. The summed E-state index contributed by atoms with van der Waals surface area (Å²) in [5.74, 6) is 0.759. The number of carbonyl (C=O) groups is 1. The molecule has 0 radical (unpaired) electrons. The smallest absolute Gasteiger partial charge is 0.220 e. The van der Waals surface area contributed by atoms with Crippen LogP contribution in [0.4, 0.5) is 0 Å². The van der Waals surface area contributed by atoms with Crippen LogP contribution in [0.2, 0.25) is 0 Å². The summed E-state index contributed by atoms with van der Waals surface area (Å²) in [4.78, 5) is 12.2. The molecule has 0 spiro atoms. The Hall–Kier alpha value is -0.570. The lowest BCUT2D eigenvalue weighted by atomic mass is 9.73. The van der Waals surface area contributed by atoms with Gasteiger partial charge < -0.3 is 11.1 Å². The Bertz CT molecular complexity index is 314. The molecule has 0 bridgehead atoms. The summed E-state index contributed by atoms with van der Waals surface area (Å²) in [5.41, 5.74) is 6.26. The lowest BCUT2D eigenvalue weighted by Crippen LogP contribution is -2.47. The van der Waals surface area contributed by atoms with Gasteiger partial charge in [-0.3, -0.25) is 4.79 Å². The van der Waals surface area contributed by atoms with Crippen LogP contribution in [0.25, 0.3) is 0 Å². The lowest BCUT2D eigenvalue weighted by Gasteiger charge is -2.39. The van der Waals surface area contributed by atoms with Crippen molar-refractivity contribution < 1.29 is 4.79 Å². The Balaban J connectivity index is 1.80. The maximum absolute atomic E-state index is 12.2. The van der Waals surface area contributed by atoms with E-state index in [1.165, 1.54) is 32.1 Å². The molecule has 0 aromatic carbocycles. The number of carbonyl (C=O) groups excluding carboxylic acids is 1. The van der Waals surface area contributed by atoms with E-state index in [0.29, 0.717) is 24.4 Å². The Morgan fingerprint density at radius 1 is 1.21 bits per heavy atom. The van der Waals surface area contributed by atoms with Crippen LogP contribution >= 0.6 is 0 Å². The maximum Gasteiger partial charge on any atom is 0.220 e. The zero-order chi connectivity index (χ0) is 13.9. The van der Waals surface area contributed by atoms with Crippen molar-refractivity contribution in [1.29, 1.82) is 0 Å². The van der Waals surface area contributed by atoms with E-state index >= 15 is 0 Å². The van der Waals surface area contributed by atoms with E-state index in [1.807, 2.05) is 0 Å². The first-order chi connectivity index (χ1) is 8.97. The number of rotatable bonds is 3. The first kappa shape index (κ1) is 14.8. The van der Waals surface area contributed by atoms with Crippen LogP contribution in [0.1, 0.15) is 71.6 Å². The average Bonchev–Trinajstić information content (AvgIpc) is 2.32. The molecule has 0 aromatic heterocycles. The first-order valence-corrected chi connectivity index (χ1v) is 8.02. The predicted molar refractivity (Wildman–Crippen MR) is 78.7 cm³/mol. The van der Waals surface area contributed by atoms with Crippen molar-refractivity contribution in [2.24, 2.45) is 17.1 Å². The summed E-state index contributed by atoms with van der Waals surface area (Å²) in [6, 6.07) is 0.684. The Morgan fingerprint density at radius 2 is 2.00 bits per heavy atom. The standard InChI is InChI=1S/C16H30N2O/c1-16(2)9-4-3-8-14(16)18-15(19)11-12-6-5-7-13(17)10-12/h12-14H,3-11,17H2,1-2H3,(H,18,19). The van der Waals surface area contributed by atoms with Gasteiger partial charge in [0.05, 0.1) is 0 Å². The van der Waals surface area contributed by atoms with E-state index in [4.69, 9.17) is 5.73 Å². The number of hydrogen-bond acceptors (Lipinski definition) is 2. The van der Waals surface area contributed by atoms with E-state index in [2.05, 4.69) is 19.2 Å². The van der Waals surface area contributed by atoms with Gasteiger partial charge in [0.2, 0.25) is 5.91 Å². The van der Waals surface area contributed by atoms with Crippen LogP contribution in [-0.4, -0.2) is 18.0 Å². The second-order valence-corrected chi connectivity index (χ2v) is 7.35. The summed E-state index contributed by atoms with van der Waals surface area (Å²) in [7, 11) is 0. The molecule has 2 rings (SSSR count). The predicted octanol–water partition coefficient (Wildman–Crippen LogP) is 2.98. The van der Waals surface area contributed by atoms with Gasteiger partial charge in [-0.05, 0) is 43.4 Å². The van der Waals surface area contributed by atoms with Crippen molar-refractivity contribution in [3.8, 4) is 0 Å². The molecule has 3 heteroatoms. The largest absolute Gasteiger partial charge is 0.353 e. The minimum Gasteiger partial charge on any atom is -0.353 e. The van der Waals surface area contributed by atoms with Gasteiger partial charge in [-0.1, -0.05) is 33.1 Å². The average molecular weight is 266 g/mol. The fraction of sp³-hybridized carbons (Fsp3) is 0.938. The van der Waals surface area contributed by atoms with Crippen LogP contribution in [0.3, 0.4) is 0 Å². The quantitative estimate of drug-likeness (QED) is 0.825. The molecule has 2 aliphatic carbocycles. The minimum atomic E-state index is 0.249. The summed E-state index contributed by atoms with van der Waals surface area (Å²) < 4.78 is 0. The molecule has 3 N–H and O–H groups in total. The molecule has 3 nitrogen and oxygen atoms in total. The summed E-state index contributed by atoms with van der Waals surface area (Å²) in [5, 5.41) is 3.29. The second-order valence-electron chi connectivity index (χ2n) is 7.35. The number of hydrogen-bond donors (Lipinski definition) is 2. The minimum absolute atomic E-state index is 0.249. The van der Waals surface area contributed by atoms with Gasteiger partial charge in [-0.2, -0.15) is 0 Å². The molecule has 19 heavy (non-hydrogen) atoms. The lowest BCUT2D eigenvalue weighted by molar-refractivity contribution is -0.124. The number of amides is 1. The normalized spacial score (nSPS) is 34.8. The van der Waals surface area contributed by atoms with Gasteiger partial charge in [0, 0.05) is 18.5 Å². The van der Waals surface area contributed by atoms with Crippen molar-refractivity contribution in [3.05, 3.63) is 0 Å². The van der Waals surface area contributed by atoms with Crippen LogP contribution in [0, 0.1) is 11.3 Å². The Labute approximate surface area is 117 Å². The zero-order valence-corrected chi connectivity index (χ0v) is 12.6. The monoisotopic (exact) mass is 266 g/mol. The SMILES string of the molecule is CC1(C)CCCCC1NC(=O)CC1CCCC(N)C1. The zero-order valence-electron chi connectivity index (χ0n) is 12.6. The molecule has 0 aliphatic heterocycles. The Kier molecular flexibility index (Phi) is 4.88. The molecule has 2 saturated carbocycles. The van der Waals surface area contributed by atoms with E-state index in [9.17, 15) is 4.79 Å². The van der Waals surface area contributed by atoms with E-state index in [0.717, 1.165) is 19.3 Å². The van der Waals surface area contributed by atoms with Gasteiger partial charge in [0.25, 0.3) is 0 Å². The van der Waals surface area contributed by atoms with Crippen molar-refractivity contribution in [2.75, 3.05) is 0 Å². The third-order valence-electron chi connectivity index (χ3n) is 5.14. The highest BCUT2D eigenvalue weighted by molar-refractivity contribution is 5.76. The highest BCUT2D eigenvalue weighted by Crippen LogP contribution is 2.35. The second kappa shape index (κ2) is 6.25. The fourth-order valence-corrected chi connectivity index (χ4v) is 3.79. The third kappa shape index (κ3) is 4.20. The molecule has 0 aromatic rings. The summed E-state index contributed by atoms with van der Waals surface area (Å²) in [6.07, 6.45) is 10.1. The highest BCUT2D eigenvalue weighted by atomic mass is 16.1. The van der Waals surface area contributed by atoms with E-state index < -0.39 is 0 Å². The molecule has 3 atom stereocenters. The molecular weight excluding hydrogens is 236 g/mol. The molecule has 110 valence electrons. The Morgan fingerprint density at radius 3 is 2.68 bits per heavy atom. The number of nitrogens with two attached hydrogens (primary N) is 1. The van der Waals surface area contributed by atoms with Crippen LogP contribution < -0.4 is 11.1 Å². The molecule has 0 heterocycles. The summed E-state index contributed by atoms with van der Waals surface area (Å²) in [6.45, 7) is 4.57. The molecule has 2 fully saturated rings. The fourth-order valence-electron chi connectivity index (χ4n) is 3.79.